The van der Waals surface area contributed by atoms with Gasteiger partial charge in [-0.15, -0.1) is 5.10 Å². The highest BCUT2D eigenvalue weighted by Gasteiger charge is 2.21. The predicted molar refractivity (Wildman–Crippen MR) is 87.0 cm³/mol. The Hall–Kier alpha value is -0.790. The number of nitrogens with one attached hydrogen (secondary N) is 1. The van der Waals surface area contributed by atoms with Crippen LogP contribution in [-0.2, 0) is 5.41 Å². The molecule has 7 heteroatoms. The van der Waals surface area contributed by atoms with Gasteiger partial charge >= 0.3 is 0 Å². The third kappa shape index (κ3) is 3.27. The Morgan fingerprint density at radius 1 is 1.50 bits per heavy atom. The number of aliphatic hydroxyl groups is 1. The fourth-order valence-corrected chi connectivity index (χ4v) is 3.35. The van der Waals surface area contributed by atoms with Gasteiger partial charge in [0.25, 0.3) is 0 Å². The molecule has 0 aliphatic carbocycles. The summed E-state index contributed by atoms with van der Waals surface area (Å²) in [5.74, 6) is 0. The Balaban J connectivity index is 2.15. The number of rotatable bonds is 5. The summed E-state index contributed by atoms with van der Waals surface area (Å²) in [7, 11) is 0. The molecule has 2 N–H and O–H groups in total. The van der Waals surface area contributed by atoms with Crippen molar-refractivity contribution in [3.8, 4) is 0 Å². The second kappa shape index (κ2) is 5.91. The number of aliphatic hydroxyl groups excluding tert-OH is 1. The standard InChI is InChI=1S/C13H22N4OS2/c1-8(9(7-18)19-5)14-11-16-17-6-10(13(2,3)4)15-12(17)20-11/h6,8-9,18H,7H2,1-5H3,(H,14,16). The van der Waals surface area contributed by atoms with Gasteiger partial charge in [0.2, 0.25) is 10.1 Å². The molecule has 2 rings (SSSR count). The van der Waals surface area contributed by atoms with Gasteiger partial charge in [0.15, 0.2) is 0 Å². The minimum absolute atomic E-state index is 0.0368. The summed E-state index contributed by atoms with van der Waals surface area (Å²) in [6, 6.07) is 0.160. The van der Waals surface area contributed by atoms with Crippen LogP contribution >= 0.6 is 23.1 Å². The highest BCUT2D eigenvalue weighted by molar-refractivity contribution is 7.99. The Bertz CT molecular complexity index is 537. The van der Waals surface area contributed by atoms with Crippen molar-refractivity contribution in [1.29, 1.82) is 0 Å². The van der Waals surface area contributed by atoms with E-state index in [1.807, 2.05) is 17.0 Å². The first-order chi connectivity index (χ1) is 9.35. The van der Waals surface area contributed by atoms with E-state index in [9.17, 15) is 5.11 Å². The maximum Gasteiger partial charge on any atom is 0.214 e. The summed E-state index contributed by atoms with van der Waals surface area (Å²) in [6.45, 7) is 8.65. The lowest BCUT2D eigenvalue weighted by Gasteiger charge is -2.20. The molecule has 0 saturated carbocycles. The van der Waals surface area contributed by atoms with E-state index in [2.05, 4.69) is 43.1 Å². The number of hydrogen-bond donors (Lipinski definition) is 2. The van der Waals surface area contributed by atoms with Crippen molar-refractivity contribution >= 4 is 33.2 Å². The number of thioether (sulfide) groups is 1. The van der Waals surface area contributed by atoms with Crippen LogP contribution in [-0.4, -0.2) is 43.9 Å². The van der Waals surface area contributed by atoms with Crippen molar-refractivity contribution in [1.82, 2.24) is 14.6 Å². The Labute approximate surface area is 127 Å². The van der Waals surface area contributed by atoms with Gasteiger partial charge in [0, 0.05) is 16.7 Å². The Morgan fingerprint density at radius 2 is 2.20 bits per heavy atom. The van der Waals surface area contributed by atoms with Crippen LogP contribution in [0.5, 0.6) is 0 Å². The molecule has 0 aliphatic rings. The average molecular weight is 314 g/mol. The van der Waals surface area contributed by atoms with Crippen LogP contribution in [0, 0.1) is 0 Å². The lowest BCUT2D eigenvalue weighted by atomic mass is 9.93. The molecule has 20 heavy (non-hydrogen) atoms. The summed E-state index contributed by atoms with van der Waals surface area (Å²) in [6.07, 6.45) is 3.99. The van der Waals surface area contributed by atoms with Gasteiger partial charge in [-0.1, -0.05) is 32.1 Å². The minimum Gasteiger partial charge on any atom is -0.395 e. The van der Waals surface area contributed by atoms with Gasteiger partial charge in [0.1, 0.15) is 0 Å². The van der Waals surface area contributed by atoms with Gasteiger partial charge in [0.05, 0.1) is 18.5 Å². The highest BCUT2D eigenvalue weighted by atomic mass is 32.2. The van der Waals surface area contributed by atoms with Crippen LogP contribution in [0.2, 0.25) is 0 Å². The fourth-order valence-electron chi connectivity index (χ4n) is 1.84. The average Bonchev–Trinajstić information content (AvgIpc) is 2.87. The summed E-state index contributed by atoms with van der Waals surface area (Å²) < 4.78 is 1.83. The topological polar surface area (TPSA) is 62.5 Å². The van der Waals surface area contributed by atoms with Gasteiger partial charge in [-0.3, -0.25) is 0 Å². The third-order valence-electron chi connectivity index (χ3n) is 3.20. The SMILES string of the molecule is CSC(CO)C(C)Nc1nn2cc(C(C)(C)C)nc2s1. The fraction of sp³-hybridized carbons (Fsp3) is 0.692. The smallest absolute Gasteiger partial charge is 0.214 e. The van der Waals surface area contributed by atoms with Gasteiger partial charge in [-0.2, -0.15) is 11.8 Å². The molecule has 5 nitrogen and oxygen atoms in total. The van der Waals surface area contributed by atoms with Crippen molar-refractivity contribution < 1.29 is 5.11 Å². The summed E-state index contributed by atoms with van der Waals surface area (Å²) in [5.41, 5.74) is 1.09. The second-order valence-electron chi connectivity index (χ2n) is 5.90. The van der Waals surface area contributed by atoms with Crippen LogP contribution in [0.3, 0.4) is 0 Å². The van der Waals surface area contributed by atoms with E-state index in [0.29, 0.717) is 0 Å². The van der Waals surface area contributed by atoms with Gasteiger partial charge in [-0.05, 0) is 13.2 Å². The summed E-state index contributed by atoms with van der Waals surface area (Å²) in [5, 5.41) is 18.2. The third-order valence-corrected chi connectivity index (χ3v) is 5.22. The molecule has 0 spiro atoms. The van der Waals surface area contributed by atoms with Crippen LogP contribution < -0.4 is 5.32 Å². The van der Waals surface area contributed by atoms with Crippen molar-refractivity contribution in [2.24, 2.45) is 0 Å². The Morgan fingerprint density at radius 3 is 2.70 bits per heavy atom. The van der Waals surface area contributed by atoms with Crippen LogP contribution in [0.15, 0.2) is 6.20 Å². The van der Waals surface area contributed by atoms with E-state index < -0.39 is 0 Å². The molecule has 2 atom stereocenters. The molecule has 0 amide bonds. The first-order valence-electron chi connectivity index (χ1n) is 6.62. The van der Waals surface area contributed by atoms with Crippen LogP contribution in [0.4, 0.5) is 5.13 Å². The van der Waals surface area contributed by atoms with Crippen LogP contribution in [0.25, 0.3) is 4.96 Å². The quantitative estimate of drug-likeness (QED) is 0.888. The van der Waals surface area contributed by atoms with Crippen LogP contribution in [0.1, 0.15) is 33.4 Å². The first-order valence-corrected chi connectivity index (χ1v) is 8.72. The maximum absolute atomic E-state index is 9.30. The molecule has 0 radical (unpaired) electrons. The predicted octanol–water partition coefficient (Wildman–Crippen LogP) is 2.61. The molecule has 2 unspecified atom stereocenters. The largest absolute Gasteiger partial charge is 0.395 e. The normalized spacial score (nSPS) is 15.5. The number of imidazole rings is 1. The number of nitrogens with zero attached hydrogens (tertiary/aromatic N) is 3. The van der Waals surface area contributed by atoms with Gasteiger partial charge < -0.3 is 10.4 Å². The highest BCUT2D eigenvalue weighted by Crippen LogP contribution is 2.26. The Kier molecular flexibility index (Phi) is 4.61. The number of aromatic nitrogens is 3. The van der Waals surface area contributed by atoms with Crippen molar-refractivity contribution in [2.75, 3.05) is 18.2 Å². The molecule has 2 heterocycles. The zero-order valence-corrected chi connectivity index (χ0v) is 14.2. The molecule has 0 aromatic carbocycles. The van der Waals surface area contributed by atoms with Gasteiger partial charge in [-0.25, -0.2) is 9.50 Å². The maximum atomic E-state index is 9.30. The molecule has 2 aromatic rings. The van der Waals surface area contributed by atoms with E-state index >= 15 is 0 Å². The van der Waals surface area contributed by atoms with Crippen molar-refractivity contribution in [3.63, 3.8) is 0 Å². The van der Waals surface area contributed by atoms with E-state index in [-0.39, 0.29) is 23.3 Å². The molecule has 112 valence electrons. The first kappa shape index (κ1) is 15.6. The molecule has 0 bridgehead atoms. The number of anilines is 1. The molecule has 0 fully saturated rings. The molecule has 0 aliphatic heterocycles. The van der Waals surface area contributed by atoms with E-state index in [1.165, 1.54) is 11.3 Å². The van der Waals surface area contributed by atoms with E-state index in [1.54, 1.807) is 11.8 Å². The number of hydrogen-bond acceptors (Lipinski definition) is 6. The van der Waals surface area contributed by atoms with E-state index in [0.717, 1.165) is 15.8 Å². The summed E-state index contributed by atoms with van der Waals surface area (Å²) in [4.78, 5) is 5.52. The van der Waals surface area contributed by atoms with Crippen molar-refractivity contribution in [2.45, 2.75) is 44.4 Å². The minimum atomic E-state index is 0.0368. The monoisotopic (exact) mass is 314 g/mol. The lowest BCUT2D eigenvalue weighted by molar-refractivity contribution is 0.288. The molecule has 0 saturated heterocycles. The lowest BCUT2D eigenvalue weighted by Crippen LogP contribution is -2.30. The molecule has 2 aromatic heterocycles. The van der Waals surface area contributed by atoms with Crippen molar-refractivity contribution in [3.05, 3.63) is 11.9 Å². The molecular weight excluding hydrogens is 292 g/mol. The number of fused-ring (bicyclic) bond motifs is 1. The summed E-state index contributed by atoms with van der Waals surface area (Å²) >= 11 is 3.19. The zero-order chi connectivity index (χ0) is 14.9. The zero-order valence-electron chi connectivity index (χ0n) is 12.5. The molecular formula is C13H22N4OS2. The second-order valence-corrected chi connectivity index (χ2v) is 7.93. The van der Waals surface area contributed by atoms with E-state index in [4.69, 9.17) is 0 Å².